The van der Waals surface area contributed by atoms with Crippen molar-refractivity contribution in [3.05, 3.63) is 54.4 Å². The first-order valence-electron chi connectivity index (χ1n) is 9.13. The van der Waals surface area contributed by atoms with Crippen LogP contribution in [0.25, 0.3) is 17.1 Å². The number of ether oxygens (including phenoxy) is 1. The number of thioether (sulfide) groups is 1. The first kappa shape index (κ1) is 18.6. The maximum absolute atomic E-state index is 12.5. The predicted octanol–water partition coefficient (Wildman–Crippen LogP) is 2.59. The van der Waals surface area contributed by atoms with Gasteiger partial charge in [-0.3, -0.25) is 14.3 Å². The fourth-order valence-electron chi connectivity index (χ4n) is 3.08. The third-order valence-corrected chi connectivity index (χ3v) is 5.43. The molecule has 1 aliphatic heterocycles. The van der Waals surface area contributed by atoms with Gasteiger partial charge < -0.3 is 9.64 Å². The lowest BCUT2D eigenvalue weighted by Crippen LogP contribution is -2.41. The Morgan fingerprint density at radius 3 is 2.68 bits per heavy atom. The summed E-state index contributed by atoms with van der Waals surface area (Å²) in [6.45, 7) is 4.54. The van der Waals surface area contributed by atoms with Gasteiger partial charge in [0.2, 0.25) is 5.91 Å². The van der Waals surface area contributed by atoms with E-state index in [0.29, 0.717) is 37.2 Å². The van der Waals surface area contributed by atoms with Crippen LogP contribution in [0.5, 0.6) is 0 Å². The number of aromatic nitrogens is 4. The number of amides is 1. The van der Waals surface area contributed by atoms with Crippen LogP contribution in [0.3, 0.4) is 0 Å². The van der Waals surface area contributed by atoms with Gasteiger partial charge in [-0.15, -0.1) is 10.2 Å². The van der Waals surface area contributed by atoms with Crippen LogP contribution >= 0.6 is 11.8 Å². The van der Waals surface area contributed by atoms with Crippen molar-refractivity contribution in [3.8, 4) is 17.1 Å². The molecule has 0 aliphatic carbocycles. The van der Waals surface area contributed by atoms with E-state index in [1.54, 1.807) is 12.4 Å². The summed E-state index contributed by atoms with van der Waals surface area (Å²) in [7, 11) is 0. The molecule has 3 heterocycles. The van der Waals surface area contributed by atoms with Gasteiger partial charge in [0.15, 0.2) is 11.0 Å². The smallest absolute Gasteiger partial charge is 0.233 e. The van der Waals surface area contributed by atoms with Gasteiger partial charge in [0.05, 0.1) is 19.0 Å². The molecule has 28 heavy (non-hydrogen) atoms. The minimum Gasteiger partial charge on any atom is -0.378 e. The molecule has 1 aliphatic rings. The molecule has 1 aromatic carbocycles. The largest absolute Gasteiger partial charge is 0.378 e. The number of carbonyl (C=O) groups is 1. The molecule has 0 bridgehead atoms. The molecule has 144 valence electrons. The van der Waals surface area contributed by atoms with E-state index in [1.807, 2.05) is 33.7 Å². The van der Waals surface area contributed by atoms with E-state index in [-0.39, 0.29) is 5.91 Å². The summed E-state index contributed by atoms with van der Waals surface area (Å²) < 4.78 is 7.32. The van der Waals surface area contributed by atoms with E-state index >= 15 is 0 Å². The molecule has 1 amide bonds. The van der Waals surface area contributed by atoms with E-state index in [0.717, 1.165) is 22.6 Å². The lowest BCUT2D eigenvalue weighted by Gasteiger charge is -2.26. The van der Waals surface area contributed by atoms with Crippen molar-refractivity contribution in [2.75, 3.05) is 32.1 Å². The molecule has 2 aromatic heterocycles. The van der Waals surface area contributed by atoms with Crippen molar-refractivity contribution >= 4 is 17.7 Å². The van der Waals surface area contributed by atoms with Crippen LogP contribution in [0.2, 0.25) is 0 Å². The number of aryl methyl sites for hydroxylation is 1. The zero-order valence-corrected chi connectivity index (χ0v) is 16.4. The maximum Gasteiger partial charge on any atom is 0.233 e. The monoisotopic (exact) mass is 395 g/mol. The van der Waals surface area contributed by atoms with Gasteiger partial charge in [-0.05, 0) is 36.8 Å². The third-order valence-electron chi connectivity index (χ3n) is 4.52. The number of hydrogen-bond acceptors (Lipinski definition) is 6. The zero-order valence-electron chi connectivity index (χ0n) is 15.6. The minimum atomic E-state index is 0.0950. The van der Waals surface area contributed by atoms with E-state index in [1.165, 1.54) is 11.8 Å². The van der Waals surface area contributed by atoms with Gasteiger partial charge in [0.25, 0.3) is 0 Å². The molecule has 0 saturated carbocycles. The number of nitrogens with zero attached hydrogens (tertiary/aromatic N) is 5. The Balaban J connectivity index is 1.63. The molecule has 0 spiro atoms. The third kappa shape index (κ3) is 4.07. The predicted molar refractivity (Wildman–Crippen MR) is 107 cm³/mol. The van der Waals surface area contributed by atoms with E-state index in [4.69, 9.17) is 4.74 Å². The minimum absolute atomic E-state index is 0.0950. The number of hydrogen-bond donors (Lipinski definition) is 0. The fourth-order valence-corrected chi connectivity index (χ4v) is 3.94. The van der Waals surface area contributed by atoms with Gasteiger partial charge in [0.1, 0.15) is 0 Å². The van der Waals surface area contributed by atoms with Crippen molar-refractivity contribution in [2.45, 2.75) is 12.1 Å². The van der Waals surface area contributed by atoms with Crippen LogP contribution in [0, 0.1) is 6.92 Å². The second kappa shape index (κ2) is 8.53. The standard InChI is InChI=1S/C20H21N5O2S/c1-15-3-2-4-17(13-15)25-19(16-5-7-21-8-6-16)22-23-20(25)28-14-18(26)24-9-11-27-12-10-24/h2-8,13H,9-12,14H2,1H3. The van der Waals surface area contributed by atoms with E-state index in [2.05, 4.69) is 34.2 Å². The van der Waals surface area contributed by atoms with E-state index in [9.17, 15) is 4.79 Å². The fraction of sp³-hybridized carbons (Fsp3) is 0.300. The summed E-state index contributed by atoms with van der Waals surface area (Å²) in [5, 5.41) is 9.47. The Kier molecular flexibility index (Phi) is 5.68. The van der Waals surface area contributed by atoms with Gasteiger partial charge in [0, 0.05) is 36.7 Å². The average molecular weight is 395 g/mol. The summed E-state index contributed by atoms with van der Waals surface area (Å²) in [6, 6.07) is 12.0. The first-order chi connectivity index (χ1) is 13.7. The van der Waals surface area contributed by atoms with Crippen LogP contribution in [-0.4, -0.2) is 62.6 Å². The molecule has 4 rings (SSSR count). The average Bonchev–Trinajstić information content (AvgIpc) is 3.17. The number of carbonyl (C=O) groups excluding carboxylic acids is 1. The van der Waals surface area contributed by atoms with Crippen molar-refractivity contribution < 1.29 is 9.53 Å². The van der Waals surface area contributed by atoms with Crippen molar-refractivity contribution in [3.63, 3.8) is 0 Å². The quantitative estimate of drug-likeness (QED) is 0.619. The second-order valence-electron chi connectivity index (χ2n) is 6.50. The number of morpholine rings is 1. The summed E-state index contributed by atoms with van der Waals surface area (Å²) in [5.41, 5.74) is 3.04. The van der Waals surface area contributed by atoms with Crippen LogP contribution in [0.1, 0.15) is 5.56 Å². The highest BCUT2D eigenvalue weighted by atomic mass is 32.2. The zero-order chi connectivity index (χ0) is 19.3. The van der Waals surface area contributed by atoms with Crippen molar-refractivity contribution in [2.24, 2.45) is 0 Å². The van der Waals surface area contributed by atoms with Gasteiger partial charge in [-0.1, -0.05) is 23.9 Å². The Morgan fingerprint density at radius 1 is 1.14 bits per heavy atom. The van der Waals surface area contributed by atoms with Gasteiger partial charge in [-0.25, -0.2) is 0 Å². The topological polar surface area (TPSA) is 73.1 Å². The molecule has 0 radical (unpaired) electrons. The van der Waals surface area contributed by atoms with Crippen molar-refractivity contribution in [1.82, 2.24) is 24.6 Å². The van der Waals surface area contributed by atoms with Crippen molar-refractivity contribution in [1.29, 1.82) is 0 Å². The molecule has 8 heteroatoms. The van der Waals surface area contributed by atoms with Gasteiger partial charge in [-0.2, -0.15) is 0 Å². The number of rotatable bonds is 5. The highest BCUT2D eigenvalue weighted by Crippen LogP contribution is 2.28. The lowest BCUT2D eigenvalue weighted by atomic mass is 10.2. The van der Waals surface area contributed by atoms with Crippen LogP contribution in [0.4, 0.5) is 0 Å². The van der Waals surface area contributed by atoms with Gasteiger partial charge >= 0.3 is 0 Å². The number of pyridine rings is 1. The van der Waals surface area contributed by atoms with Crippen LogP contribution in [-0.2, 0) is 9.53 Å². The molecular weight excluding hydrogens is 374 g/mol. The first-order valence-corrected chi connectivity index (χ1v) is 10.1. The molecule has 0 unspecified atom stereocenters. The summed E-state index contributed by atoms with van der Waals surface area (Å²) >= 11 is 1.41. The molecule has 0 atom stereocenters. The number of benzene rings is 1. The molecular formula is C20H21N5O2S. The molecule has 3 aromatic rings. The highest BCUT2D eigenvalue weighted by molar-refractivity contribution is 7.99. The Hall–Kier alpha value is -2.71. The Bertz CT molecular complexity index is 954. The van der Waals surface area contributed by atoms with Crippen LogP contribution in [0.15, 0.2) is 53.9 Å². The maximum atomic E-state index is 12.5. The Morgan fingerprint density at radius 2 is 1.93 bits per heavy atom. The summed E-state index contributed by atoms with van der Waals surface area (Å²) in [6.07, 6.45) is 3.47. The summed E-state index contributed by atoms with van der Waals surface area (Å²) in [5.74, 6) is 1.15. The normalized spacial score (nSPS) is 14.2. The Labute approximate surface area is 167 Å². The molecule has 7 nitrogen and oxygen atoms in total. The highest BCUT2D eigenvalue weighted by Gasteiger charge is 2.20. The molecule has 1 saturated heterocycles. The summed E-state index contributed by atoms with van der Waals surface area (Å²) in [4.78, 5) is 18.5. The molecule has 0 N–H and O–H groups in total. The van der Waals surface area contributed by atoms with Crippen LogP contribution < -0.4 is 0 Å². The second-order valence-corrected chi connectivity index (χ2v) is 7.44. The SMILES string of the molecule is Cc1cccc(-n2c(SCC(=O)N3CCOCC3)nnc2-c2ccncc2)c1. The molecule has 1 fully saturated rings. The van der Waals surface area contributed by atoms with E-state index < -0.39 is 0 Å². The lowest BCUT2D eigenvalue weighted by molar-refractivity contribution is -0.132.